The molecule has 3 unspecified atom stereocenters. The maximum absolute atomic E-state index is 13.1. The van der Waals surface area contributed by atoms with Gasteiger partial charge in [-0.05, 0) is 37.7 Å². The van der Waals surface area contributed by atoms with E-state index in [4.69, 9.17) is 5.73 Å². The van der Waals surface area contributed by atoms with Gasteiger partial charge in [-0.15, -0.1) is 0 Å². The Morgan fingerprint density at radius 1 is 1.15 bits per heavy atom. The lowest BCUT2D eigenvalue weighted by molar-refractivity contribution is -0.198. The van der Waals surface area contributed by atoms with Gasteiger partial charge in [0.15, 0.2) is 0 Å². The van der Waals surface area contributed by atoms with E-state index in [0.717, 1.165) is 17.5 Å². The number of nitrogens with two attached hydrogens (primary N) is 1. The predicted molar refractivity (Wildman–Crippen MR) is 74.4 cm³/mol. The summed E-state index contributed by atoms with van der Waals surface area (Å²) < 4.78 is 39.3. The van der Waals surface area contributed by atoms with Crippen molar-refractivity contribution in [2.45, 2.75) is 51.2 Å². The van der Waals surface area contributed by atoms with Gasteiger partial charge in [-0.25, -0.2) is 0 Å². The van der Waals surface area contributed by atoms with E-state index in [1.54, 1.807) is 0 Å². The van der Waals surface area contributed by atoms with Gasteiger partial charge in [0.05, 0.1) is 5.92 Å². The maximum atomic E-state index is 13.1. The molecule has 1 fully saturated rings. The van der Waals surface area contributed by atoms with Gasteiger partial charge in [-0.3, -0.25) is 0 Å². The van der Waals surface area contributed by atoms with Gasteiger partial charge in [-0.1, -0.05) is 42.7 Å². The molecule has 0 spiro atoms. The van der Waals surface area contributed by atoms with Crippen LogP contribution in [0.4, 0.5) is 13.2 Å². The second-order valence-electron chi connectivity index (χ2n) is 5.95. The van der Waals surface area contributed by atoms with E-state index in [0.29, 0.717) is 19.3 Å². The van der Waals surface area contributed by atoms with Crippen LogP contribution in [0.3, 0.4) is 0 Å². The highest BCUT2D eigenvalue weighted by molar-refractivity contribution is 5.22. The molecule has 1 aromatic rings. The lowest BCUT2D eigenvalue weighted by atomic mass is 9.73. The van der Waals surface area contributed by atoms with E-state index in [9.17, 15) is 13.2 Å². The summed E-state index contributed by atoms with van der Waals surface area (Å²) >= 11 is 0. The second kappa shape index (κ2) is 6.17. The van der Waals surface area contributed by atoms with Crippen LogP contribution in [0.25, 0.3) is 0 Å². The van der Waals surface area contributed by atoms with Gasteiger partial charge in [0.25, 0.3) is 0 Å². The Labute approximate surface area is 118 Å². The van der Waals surface area contributed by atoms with Crippen LogP contribution in [0, 0.1) is 18.8 Å². The number of rotatable bonds is 3. The minimum absolute atomic E-state index is 0.232. The fraction of sp³-hybridized carbons (Fsp3) is 0.625. The standard InChI is InChI=1S/C16H22F3N/c1-11-6-8-12(9-7-11)10-15(20)13-4-2-3-5-14(13)16(17,18)19/h6-9,13-15H,2-5,10,20H2,1H3. The molecule has 4 heteroatoms. The smallest absolute Gasteiger partial charge is 0.327 e. The zero-order valence-electron chi connectivity index (χ0n) is 11.8. The van der Waals surface area contributed by atoms with Crippen LogP contribution in [-0.2, 0) is 6.42 Å². The quantitative estimate of drug-likeness (QED) is 0.883. The van der Waals surface area contributed by atoms with Crippen molar-refractivity contribution in [3.63, 3.8) is 0 Å². The number of aryl methyl sites for hydroxylation is 1. The number of benzene rings is 1. The summed E-state index contributed by atoms with van der Waals surface area (Å²) in [7, 11) is 0. The number of alkyl halides is 3. The maximum Gasteiger partial charge on any atom is 0.392 e. The molecule has 2 rings (SSSR count). The first-order valence-corrected chi connectivity index (χ1v) is 7.26. The highest BCUT2D eigenvalue weighted by atomic mass is 19.4. The van der Waals surface area contributed by atoms with Crippen LogP contribution >= 0.6 is 0 Å². The molecule has 3 atom stereocenters. The average molecular weight is 285 g/mol. The Bertz CT molecular complexity index is 424. The topological polar surface area (TPSA) is 26.0 Å². The third-order valence-corrected chi connectivity index (χ3v) is 4.38. The molecular formula is C16H22F3N. The fourth-order valence-corrected chi connectivity index (χ4v) is 3.23. The highest BCUT2D eigenvalue weighted by Gasteiger charge is 2.47. The molecule has 20 heavy (non-hydrogen) atoms. The number of hydrogen-bond acceptors (Lipinski definition) is 1. The van der Waals surface area contributed by atoms with Crippen LogP contribution < -0.4 is 5.73 Å². The molecule has 0 saturated heterocycles. The Hall–Kier alpha value is -1.03. The van der Waals surface area contributed by atoms with Crippen LogP contribution in [0.5, 0.6) is 0 Å². The fourth-order valence-electron chi connectivity index (χ4n) is 3.23. The second-order valence-corrected chi connectivity index (χ2v) is 5.95. The van der Waals surface area contributed by atoms with Crippen molar-refractivity contribution in [2.75, 3.05) is 0 Å². The Morgan fingerprint density at radius 3 is 2.35 bits per heavy atom. The first-order chi connectivity index (χ1) is 9.38. The summed E-state index contributed by atoms with van der Waals surface area (Å²) in [6.45, 7) is 1.99. The molecule has 0 bridgehead atoms. The molecular weight excluding hydrogens is 263 g/mol. The summed E-state index contributed by atoms with van der Waals surface area (Å²) in [4.78, 5) is 0. The molecule has 1 aliphatic carbocycles. The van der Waals surface area contributed by atoms with Crippen LogP contribution in [-0.4, -0.2) is 12.2 Å². The van der Waals surface area contributed by atoms with Crippen molar-refractivity contribution in [3.05, 3.63) is 35.4 Å². The molecule has 1 aliphatic rings. The first-order valence-electron chi connectivity index (χ1n) is 7.26. The lowest BCUT2D eigenvalue weighted by Gasteiger charge is -2.36. The van der Waals surface area contributed by atoms with E-state index >= 15 is 0 Å². The van der Waals surface area contributed by atoms with Crippen molar-refractivity contribution in [1.29, 1.82) is 0 Å². The summed E-state index contributed by atoms with van der Waals surface area (Å²) in [6.07, 6.45) is -1.24. The minimum Gasteiger partial charge on any atom is -0.327 e. The first kappa shape index (κ1) is 15.4. The summed E-state index contributed by atoms with van der Waals surface area (Å²) in [5, 5.41) is 0. The van der Waals surface area contributed by atoms with E-state index in [1.165, 1.54) is 0 Å². The van der Waals surface area contributed by atoms with Crippen LogP contribution in [0.15, 0.2) is 24.3 Å². The monoisotopic (exact) mass is 285 g/mol. The third kappa shape index (κ3) is 3.75. The van der Waals surface area contributed by atoms with Crippen LogP contribution in [0.2, 0.25) is 0 Å². The summed E-state index contributed by atoms with van der Waals surface area (Å²) in [6, 6.07) is 7.46. The Balaban J connectivity index is 2.06. The normalized spacial score (nSPS) is 25.4. The molecule has 0 heterocycles. The van der Waals surface area contributed by atoms with E-state index in [1.807, 2.05) is 31.2 Å². The lowest BCUT2D eigenvalue weighted by Crippen LogP contribution is -2.44. The van der Waals surface area contributed by atoms with Crippen molar-refractivity contribution >= 4 is 0 Å². The van der Waals surface area contributed by atoms with Crippen molar-refractivity contribution in [3.8, 4) is 0 Å². The highest BCUT2D eigenvalue weighted by Crippen LogP contribution is 2.42. The zero-order chi connectivity index (χ0) is 14.8. The minimum atomic E-state index is -4.12. The molecule has 0 amide bonds. The van der Waals surface area contributed by atoms with E-state index < -0.39 is 24.1 Å². The van der Waals surface area contributed by atoms with Crippen molar-refractivity contribution in [1.82, 2.24) is 0 Å². The Kier molecular flexibility index (Phi) is 4.74. The largest absolute Gasteiger partial charge is 0.392 e. The van der Waals surface area contributed by atoms with E-state index in [-0.39, 0.29) is 6.42 Å². The predicted octanol–water partition coefficient (Wildman–Crippen LogP) is 4.23. The molecule has 1 saturated carbocycles. The Morgan fingerprint density at radius 2 is 1.75 bits per heavy atom. The van der Waals surface area contributed by atoms with Gasteiger partial charge >= 0.3 is 6.18 Å². The van der Waals surface area contributed by atoms with Gasteiger partial charge in [0.1, 0.15) is 0 Å². The van der Waals surface area contributed by atoms with Gasteiger partial charge < -0.3 is 5.73 Å². The summed E-state index contributed by atoms with van der Waals surface area (Å²) in [5.41, 5.74) is 8.27. The van der Waals surface area contributed by atoms with Gasteiger partial charge in [-0.2, -0.15) is 13.2 Å². The van der Waals surface area contributed by atoms with Crippen LogP contribution in [0.1, 0.15) is 36.8 Å². The molecule has 112 valence electrons. The SMILES string of the molecule is Cc1ccc(CC(N)C2CCCCC2C(F)(F)F)cc1. The molecule has 0 aliphatic heterocycles. The molecule has 0 radical (unpaired) electrons. The molecule has 2 N–H and O–H groups in total. The average Bonchev–Trinajstić information content (AvgIpc) is 2.40. The molecule has 1 aromatic carbocycles. The van der Waals surface area contributed by atoms with E-state index in [2.05, 4.69) is 0 Å². The molecule has 1 nitrogen and oxygen atoms in total. The van der Waals surface area contributed by atoms with Crippen molar-refractivity contribution < 1.29 is 13.2 Å². The number of hydrogen-bond donors (Lipinski definition) is 1. The van der Waals surface area contributed by atoms with Gasteiger partial charge in [0, 0.05) is 6.04 Å². The third-order valence-electron chi connectivity index (χ3n) is 4.38. The number of halogens is 3. The van der Waals surface area contributed by atoms with Gasteiger partial charge in [0.2, 0.25) is 0 Å². The van der Waals surface area contributed by atoms with Crippen molar-refractivity contribution in [2.24, 2.45) is 17.6 Å². The zero-order valence-corrected chi connectivity index (χ0v) is 11.8. The molecule has 0 aromatic heterocycles. The summed E-state index contributed by atoms with van der Waals surface area (Å²) in [5.74, 6) is -1.67.